The molecule has 0 heterocycles. The van der Waals surface area contributed by atoms with Crippen LogP contribution in [0, 0.1) is 36.7 Å². The van der Waals surface area contributed by atoms with E-state index in [2.05, 4.69) is 10.7 Å². The number of hydrogen-bond acceptors (Lipinski definition) is 1. The number of benzene rings is 1. The van der Waals surface area contributed by atoms with E-state index in [0.717, 1.165) is 0 Å². The molecule has 0 amide bonds. The summed E-state index contributed by atoms with van der Waals surface area (Å²) in [5.41, 5.74) is -0.675. The first kappa shape index (κ1) is 11.4. The Morgan fingerprint density at radius 3 is 2.27 bits per heavy atom. The largest absolute Gasteiger partial charge is 0.493 e. The van der Waals surface area contributed by atoms with Gasteiger partial charge in [-0.1, -0.05) is 0 Å². The van der Waals surface area contributed by atoms with Crippen molar-refractivity contribution in [2.24, 2.45) is 0 Å². The zero-order valence-electron chi connectivity index (χ0n) is 8.33. The minimum absolute atomic E-state index is 0.201. The van der Waals surface area contributed by atoms with Crippen molar-refractivity contribution in [2.45, 2.75) is 13.3 Å². The van der Waals surface area contributed by atoms with Gasteiger partial charge < -0.3 is 4.74 Å². The van der Waals surface area contributed by atoms with Crippen molar-refractivity contribution < 1.29 is 17.9 Å². The third kappa shape index (κ3) is 1.78. The van der Waals surface area contributed by atoms with E-state index in [1.54, 1.807) is 0 Å². The summed E-state index contributed by atoms with van der Waals surface area (Å²) in [7, 11) is 1.18. The highest BCUT2D eigenvalue weighted by Gasteiger charge is 2.22. The smallest absolute Gasteiger partial charge is 0.172 e. The maximum atomic E-state index is 13.5. The van der Waals surface area contributed by atoms with E-state index >= 15 is 0 Å². The van der Waals surface area contributed by atoms with Crippen LogP contribution >= 0.6 is 0 Å². The molecule has 1 aromatic carbocycles. The highest BCUT2D eigenvalue weighted by molar-refractivity contribution is 5.41. The normalized spacial score (nSPS) is 9.87. The van der Waals surface area contributed by atoms with Gasteiger partial charge in [0.15, 0.2) is 23.2 Å². The lowest BCUT2D eigenvalue weighted by Gasteiger charge is -2.11. The molecule has 0 aliphatic carbocycles. The highest BCUT2D eigenvalue weighted by Crippen LogP contribution is 2.30. The molecule has 15 heavy (non-hydrogen) atoms. The molecule has 0 bridgehead atoms. The van der Waals surface area contributed by atoms with Crippen molar-refractivity contribution in [1.82, 2.24) is 0 Å². The fourth-order valence-electron chi connectivity index (χ4n) is 1.29. The number of hydrogen-bond donors (Lipinski definition) is 0. The first-order valence-corrected chi connectivity index (χ1v) is 4.18. The quantitative estimate of drug-likeness (QED) is 0.543. The molecule has 1 rings (SSSR count). The van der Waals surface area contributed by atoms with Gasteiger partial charge >= 0.3 is 0 Å². The van der Waals surface area contributed by atoms with E-state index < -0.39 is 23.0 Å². The van der Waals surface area contributed by atoms with Gasteiger partial charge in [-0.05, 0) is 6.92 Å². The summed E-state index contributed by atoms with van der Waals surface area (Å²) < 4.78 is 44.7. The molecule has 0 radical (unpaired) electrons. The summed E-state index contributed by atoms with van der Waals surface area (Å²) in [6, 6.07) is 0. The van der Waals surface area contributed by atoms with Crippen LogP contribution < -0.4 is 4.74 Å². The predicted octanol–water partition coefficient (Wildman–Crippen LogP) is 2.60. The first-order valence-electron chi connectivity index (χ1n) is 4.18. The fraction of sp³-hybridized carbons (Fsp3) is 0.273. The molecule has 0 N–H and O–H groups in total. The Labute approximate surface area is 85.9 Å². The van der Waals surface area contributed by atoms with Crippen molar-refractivity contribution in [3.63, 3.8) is 0 Å². The summed E-state index contributed by atoms with van der Waals surface area (Å²) in [6.07, 6.45) is 4.62. The number of methoxy groups -OCH3 is 1. The second kappa shape index (κ2) is 4.26. The molecule has 0 atom stereocenters. The molecular weight excluding hydrogens is 205 g/mol. The van der Waals surface area contributed by atoms with Crippen molar-refractivity contribution in [3.05, 3.63) is 28.6 Å². The average molecular weight is 214 g/mol. The molecule has 0 fully saturated rings. The SMILES string of the molecule is C#CCc1c(F)c(F)c(C)c(OC)c1F. The minimum Gasteiger partial charge on any atom is -0.493 e. The minimum atomic E-state index is -1.25. The van der Waals surface area contributed by atoms with Gasteiger partial charge in [-0.15, -0.1) is 12.3 Å². The zero-order chi connectivity index (χ0) is 11.6. The number of halogens is 3. The fourth-order valence-corrected chi connectivity index (χ4v) is 1.29. The molecule has 1 nitrogen and oxygen atoms in total. The van der Waals surface area contributed by atoms with Crippen LogP contribution in [0.3, 0.4) is 0 Å². The Hall–Kier alpha value is -1.63. The van der Waals surface area contributed by atoms with Crippen molar-refractivity contribution in [3.8, 4) is 18.1 Å². The summed E-state index contributed by atoms with van der Waals surface area (Å²) >= 11 is 0. The summed E-state index contributed by atoms with van der Waals surface area (Å²) in [4.78, 5) is 0. The zero-order valence-corrected chi connectivity index (χ0v) is 8.33. The van der Waals surface area contributed by atoms with Crippen LogP contribution in [0.2, 0.25) is 0 Å². The lowest BCUT2D eigenvalue weighted by atomic mass is 10.1. The van der Waals surface area contributed by atoms with Gasteiger partial charge in [-0.2, -0.15) is 0 Å². The van der Waals surface area contributed by atoms with Crippen LogP contribution in [0.15, 0.2) is 0 Å². The molecule has 0 saturated carbocycles. The van der Waals surface area contributed by atoms with Crippen molar-refractivity contribution >= 4 is 0 Å². The second-order valence-electron chi connectivity index (χ2n) is 2.96. The van der Waals surface area contributed by atoms with E-state index in [9.17, 15) is 13.2 Å². The van der Waals surface area contributed by atoms with Gasteiger partial charge in [0.05, 0.1) is 7.11 Å². The standard InChI is InChI=1S/C11H9F3O/c1-4-5-7-9(13)8(12)6(2)11(15-3)10(7)14/h1H,5H2,2-3H3. The van der Waals surface area contributed by atoms with E-state index in [4.69, 9.17) is 6.42 Å². The number of terminal acetylenes is 1. The number of ether oxygens (including phenoxy) is 1. The van der Waals surface area contributed by atoms with Gasteiger partial charge in [0.2, 0.25) is 0 Å². The highest BCUT2D eigenvalue weighted by atomic mass is 19.2. The van der Waals surface area contributed by atoms with Crippen LogP contribution in [0.4, 0.5) is 13.2 Å². The molecule has 0 unspecified atom stereocenters. The Kier molecular flexibility index (Phi) is 3.25. The van der Waals surface area contributed by atoms with Gasteiger partial charge in [0, 0.05) is 17.5 Å². The van der Waals surface area contributed by atoms with Crippen LogP contribution in [0.25, 0.3) is 0 Å². The predicted molar refractivity (Wildman–Crippen MR) is 50.1 cm³/mol. The van der Waals surface area contributed by atoms with E-state index in [1.807, 2.05) is 0 Å². The number of rotatable bonds is 2. The Bertz CT molecular complexity index is 433. The maximum Gasteiger partial charge on any atom is 0.172 e. The van der Waals surface area contributed by atoms with Gasteiger partial charge in [-0.25, -0.2) is 13.2 Å². The van der Waals surface area contributed by atoms with Crippen molar-refractivity contribution in [1.29, 1.82) is 0 Å². The Morgan fingerprint density at radius 2 is 1.80 bits per heavy atom. The molecule has 4 heteroatoms. The third-order valence-electron chi connectivity index (χ3n) is 2.07. The molecule has 0 aromatic heterocycles. The van der Waals surface area contributed by atoms with Crippen LogP contribution in [0.1, 0.15) is 11.1 Å². The van der Waals surface area contributed by atoms with Gasteiger partial charge in [-0.3, -0.25) is 0 Å². The molecule has 0 saturated heterocycles. The van der Waals surface area contributed by atoms with Crippen molar-refractivity contribution in [2.75, 3.05) is 7.11 Å². The summed E-state index contributed by atoms with van der Waals surface area (Å²) in [5, 5.41) is 0. The lowest BCUT2D eigenvalue weighted by molar-refractivity contribution is 0.367. The van der Waals surface area contributed by atoms with E-state index in [1.165, 1.54) is 14.0 Å². The summed E-state index contributed by atoms with van der Waals surface area (Å²) in [6.45, 7) is 1.24. The molecule has 0 aliphatic heterocycles. The van der Waals surface area contributed by atoms with Crippen LogP contribution in [0.5, 0.6) is 5.75 Å². The lowest BCUT2D eigenvalue weighted by Crippen LogP contribution is -2.05. The molecule has 0 spiro atoms. The topological polar surface area (TPSA) is 9.23 Å². The third-order valence-corrected chi connectivity index (χ3v) is 2.07. The monoisotopic (exact) mass is 214 g/mol. The van der Waals surface area contributed by atoms with Crippen LogP contribution in [-0.4, -0.2) is 7.11 Å². The first-order chi connectivity index (χ1) is 7.04. The average Bonchev–Trinajstić information content (AvgIpc) is 2.22. The molecular formula is C11H9F3O. The van der Waals surface area contributed by atoms with Crippen LogP contribution in [-0.2, 0) is 6.42 Å². The Balaban J connectivity index is 3.54. The van der Waals surface area contributed by atoms with E-state index in [-0.39, 0.29) is 17.7 Å². The molecule has 0 aliphatic rings. The van der Waals surface area contributed by atoms with Gasteiger partial charge in [0.25, 0.3) is 0 Å². The summed E-state index contributed by atoms with van der Waals surface area (Å²) in [5.74, 6) is -1.56. The van der Waals surface area contributed by atoms with E-state index in [0.29, 0.717) is 0 Å². The van der Waals surface area contributed by atoms with Gasteiger partial charge in [0.1, 0.15) is 0 Å². The molecule has 80 valence electrons. The Morgan fingerprint density at radius 1 is 1.20 bits per heavy atom. The molecule has 1 aromatic rings. The maximum absolute atomic E-state index is 13.5. The second-order valence-corrected chi connectivity index (χ2v) is 2.96.